The predicted octanol–water partition coefficient (Wildman–Crippen LogP) is 3.61. The van der Waals surface area contributed by atoms with Gasteiger partial charge in [-0.1, -0.05) is 26.0 Å². The molecule has 2 rings (SSSR count). The van der Waals surface area contributed by atoms with Gasteiger partial charge in [0.05, 0.1) is 21.3 Å². The summed E-state index contributed by atoms with van der Waals surface area (Å²) in [6, 6.07) is 10.0. The van der Waals surface area contributed by atoms with Gasteiger partial charge in [-0.25, -0.2) is 4.98 Å². The Morgan fingerprint density at radius 2 is 2.04 bits per heavy atom. The number of carbonyl (C=O) groups is 2. The molecule has 0 aliphatic heterocycles. The predicted molar refractivity (Wildman–Crippen MR) is 105 cm³/mol. The molecule has 1 heterocycles. The average Bonchev–Trinajstić information content (AvgIpc) is 3.03. The van der Waals surface area contributed by atoms with Gasteiger partial charge in [-0.05, 0) is 44.7 Å². The normalized spacial score (nSPS) is 14.4. The van der Waals surface area contributed by atoms with Crippen molar-refractivity contribution in [2.24, 2.45) is 5.92 Å². The van der Waals surface area contributed by atoms with Crippen molar-refractivity contribution in [1.82, 2.24) is 10.3 Å². The molecule has 0 radical (unpaired) electrons. The van der Waals surface area contributed by atoms with Crippen LogP contribution < -0.4 is 5.32 Å². The third-order valence-electron chi connectivity index (χ3n) is 4.56. The number of nitrogens with one attached hydrogen (secondary N) is 1. The fraction of sp³-hybridized carbons (Fsp3) is 0.500. The molecule has 0 saturated carbocycles. The van der Waals surface area contributed by atoms with Gasteiger partial charge in [-0.2, -0.15) is 5.26 Å². The highest BCUT2D eigenvalue weighted by Crippen LogP contribution is 2.22. The van der Waals surface area contributed by atoms with Crippen LogP contribution in [0.1, 0.15) is 45.5 Å². The van der Waals surface area contributed by atoms with Gasteiger partial charge in [0.15, 0.2) is 6.10 Å². The van der Waals surface area contributed by atoms with Gasteiger partial charge < -0.3 is 10.1 Å². The molecule has 0 bridgehead atoms. The highest BCUT2D eigenvalue weighted by atomic mass is 32.1. The van der Waals surface area contributed by atoms with Crippen LogP contribution in [0.3, 0.4) is 0 Å². The number of rotatable bonds is 8. The van der Waals surface area contributed by atoms with E-state index in [1.807, 2.05) is 38.1 Å². The third-order valence-corrected chi connectivity index (χ3v) is 5.65. The van der Waals surface area contributed by atoms with Crippen molar-refractivity contribution in [3.8, 4) is 6.07 Å². The quantitative estimate of drug-likeness (QED) is 0.699. The number of nitriles is 1. The van der Waals surface area contributed by atoms with Crippen molar-refractivity contribution in [2.45, 2.75) is 58.6 Å². The number of amides is 1. The Bertz CT molecular complexity index is 823. The minimum Gasteiger partial charge on any atom is -0.453 e. The van der Waals surface area contributed by atoms with Crippen LogP contribution >= 0.6 is 11.3 Å². The van der Waals surface area contributed by atoms with Gasteiger partial charge >= 0.3 is 5.97 Å². The van der Waals surface area contributed by atoms with Crippen LogP contribution in [-0.4, -0.2) is 28.5 Å². The van der Waals surface area contributed by atoms with Crippen molar-refractivity contribution in [2.75, 3.05) is 0 Å². The molecule has 1 aromatic carbocycles. The Hall–Kier alpha value is -2.46. The Labute approximate surface area is 163 Å². The molecular weight excluding hydrogens is 362 g/mol. The number of fused-ring (bicyclic) bond motifs is 1. The van der Waals surface area contributed by atoms with Crippen molar-refractivity contribution >= 4 is 33.4 Å². The summed E-state index contributed by atoms with van der Waals surface area (Å²) in [5, 5.41) is 12.9. The Balaban J connectivity index is 1.79. The number of aromatic nitrogens is 1. The highest BCUT2D eigenvalue weighted by molar-refractivity contribution is 7.18. The first-order valence-corrected chi connectivity index (χ1v) is 9.84. The first-order valence-electron chi connectivity index (χ1n) is 9.02. The van der Waals surface area contributed by atoms with E-state index < -0.39 is 23.5 Å². The summed E-state index contributed by atoms with van der Waals surface area (Å²) in [5.74, 6) is -0.961. The van der Waals surface area contributed by atoms with E-state index in [0.29, 0.717) is 12.8 Å². The van der Waals surface area contributed by atoms with Crippen molar-refractivity contribution < 1.29 is 14.3 Å². The molecule has 144 valence electrons. The lowest BCUT2D eigenvalue weighted by molar-refractivity contribution is -0.155. The summed E-state index contributed by atoms with van der Waals surface area (Å²) >= 11 is 1.62. The zero-order valence-electron chi connectivity index (χ0n) is 16.1. The number of carbonyl (C=O) groups excluding carboxylic acids is 2. The van der Waals surface area contributed by atoms with Gasteiger partial charge in [0, 0.05) is 6.42 Å². The maximum atomic E-state index is 12.2. The van der Waals surface area contributed by atoms with Crippen LogP contribution in [0.15, 0.2) is 24.3 Å². The summed E-state index contributed by atoms with van der Waals surface area (Å²) in [7, 11) is 0. The van der Waals surface area contributed by atoms with Gasteiger partial charge in [0.2, 0.25) is 0 Å². The zero-order chi connectivity index (χ0) is 20.0. The molecule has 6 nitrogen and oxygen atoms in total. The number of hydrogen-bond donors (Lipinski definition) is 1. The Kier molecular flexibility index (Phi) is 6.92. The van der Waals surface area contributed by atoms with E-state index in [2.05, 4.69) is 16.4 Å². The molecule has 27 heavy (non-hydrogen) atoms. The maximum absolute atomic E-state index is 12.2. The van der Waals surface area contributed by atoms with E-state index >= 15 is 0 Å². The molecule has 2 aromatic rings. The molecule has 2 atom stereocenters. The minimum absolute atomic E-state index is 0.0665. The number of nitrogens with zero attached hydrogens (tertiary/aromatic N) is 2. The Morgan fingerprint density at radius 3 is 2.67 bits per heavy atom. The highest BCUT2D eigenvalue weighted by Gasteiger charge is 2.32. The number of aryl methyl sites for hydroxylation is 1. The molecule has 1 amide bonds. The topological polar surface area (TPSA) is 92.1 Å². The van der Waals surface area contributed by atoms with E-state index in [1.165, 1.54) is 6.92 Å². The number of hydrogen-bond acceptors (Lipinski definition) is 6. The molecule has 0 spiro atoms. The van der Waals surface area contributed by atoms with E-state index in [0.717, 1.165) is 15.2 Å². The number of ether oxygens (including phenoxy) is 1. The second-order valence-electron chi connectivity index (χ2n) is 7.02. The van der Waals surface area contributed by atoms with Crippen LogP contribution in [0.5, 0.6) is 0 Å². The summed E-state index contributed by atoms with van der Waals surface area (Å²) in [4.78, 5) is 28.7. The zero-order valence-corrected chi connectivity index (χ0v) is 16.9. The largest absolute Gasteiger partial charge is 0.453 e. The number of benzene rings is 1. The SMILES string of the molecule is CC(C)[C@](C)(C#N)NC(=O)[C@@H](C)OC(=O)CCCc1nc2ccccc2s1. The summed E-state index contributed by atoms with van der Waals surface area (Å²) < 4.78 is 6.33. The second-order valence-corrected chi connectivity index (χ2v) is 8.13. The fourth-order valence-electron chi connectivity index (χ4n) is 2.38. The maximum Gasteiger partial charge on any atom is 0.306 e. The Morgan fingerprint density at radius 1 is 1.33 bits per heavy atom. The fourth-order valence-corrected chi connectivity index (χ4v) is 3.39. The first-order chi connectivity index (χ1) is 12.7. The van der Waals surface area contributed by atoms with Crippen LogP contribution in [0, 0.1) is 17.2 Å². The molecule has 0 saturated heterocycles. The van der Waals surface area contributed by atoms with Crippen molar-refractivity contribution in [1.29, 1.82) is 5.26 Å². The summed E-state index contributed by atoms with van der Waals surface area (Å²) in [5.41, 5.74) is -0.0269. The lowest BCUT2D eigenvalue weighted by Gasteiger charge is -2.28. The van der Waals surface area contributed by atoms with Crippen LogP contribution in [0.2, 0.25) is 0 Å². The summed E-state index contributed by atoms with van der Waals surface area (Å²) in [6.07, 6.45) is 0.572. The van der Waals surface area contributed by atoms with E-state index in [4.69, 9.17) is 4.74 Å². The number of para-hydroxylation sites is 1. The standard InChI is InChI=1S/C20H25N3O3S/c1-13(2)20(4,12-21)23-19(25)14(3)26-18(24)11-7-10-17-22-15-8-5-6-9-16(15)27-17/h5-6,8-9,13-14H,7,10-11H2,1-4H3,(H,23,25)/t14-,20+/m1/s1. The van der Waals surface area contributed by atoms with Gasteiger partial charge in [-0.15, -0.1) is 11.3 Å². The molecule has 0 unspecified atom stereocenters. The van der Waals surface area contributed by atoms with Gasteiger partial charge in [0.1, 0.15) is 5.54 Å². The van der Waals surface area contributed by atoms with E-state index in [1.54, 1.807) is 18.3 Å². The number of thiazole rings is 1. The molecule has 1 aromatic heterocycles. The molecule has 1 N–H and O–H groups in total. The molecule has 7 heteroatoms. The lowest BCUT2D eigenvalue weighted by atomic mass is 9.90. The van der Waals surface area contributed by atoms with E-state index in [-0.39, 0.29) is 12.3 Å². The smallest absolute Gasteiger partial charge is 0.306 e. The molecule has 0 fully saturated rings. The lowest BCUT2D eigenvalue weighted by Crippen LogP contribution is -2.52. The average molecular weight is 388 g/mol. The monoisotopic (exact) mass is 387 g/mol. The first kappa shape index (κ1) is 20.8. The second kappa shape index (κ2) is 8.96. The van der Waals surface area contributed by atoms with Crippen LogP contribution in [0.4, 0.5) is 0 Å². The van der Waals surface area contributed by atoms with Gasteiger partial charge in [-0.3, -0.25) is 9.59 Å². The number of esters is 1. The van der Waals surface area contributed by atoms with E-state index in [9.17, 15) is 14.9 Å². The third kappa shape index (κ3) is 5.51. The molecule has 0 aliphatic rings. The van der Waals surface area contributed by atoms with Crippen molar-refractivity contribution in [3.63, 3.8) is 0 Å². The van der Waals surface area contributed by atoms with Crippen LogP contribution in [0.25, 0.3) is 10.2 Å². The van der Waals surface area contributed by atoms with Crippen LogP contribution in [-0.2, 0) is 20.7 Å². The van der Waals surface area contributed by atoms with Gasteiger partial charge in [0.25, 0.3) is 5.91 Å². The minimum atomic E-state index is -0.995. The molecule has 0 aliphatic carbocycles. The summed E-state index contributed by atoms with van der Waals surface area (Å²) in [6.45, 7) is 6.87. The molecular formula is C20H25N3O3S. The van der Waals surface area contributed by atoms with Crippen molar-refractivity contribution in [3.05, 3.63) is 29.3 Å².